The molecule has 2 aromatic carbocycles. The number of benzene rings is 2. The van der Waals surface area contributed by atoms with Crippen LogP contribution < -0.4 is 15.1 Å². The van der Waals surface area contributed by atoms with Gasteiger partial charge in [0.1, 0.15) is 24.0 Å². The predicted octanol–water partition coefficient (Wildman–Crippen LogP) is 5.99. The maximum atomic E-state index is 14.3. The zero-order valence-electron chi connectivity index (χ0n) is 23.6. The van der Waals surface area contributed by atoms with E-state index in [1.165, 1.54) is 6.42 Å². The van der Waals surface area contributed by atoms with Crippen molar-refractivity contribution in [1.82, 2.24) is 9.55 Å². The number of fused-ring (bicyclic) bond motifs is 1. The molecular weight excluding hydrogens is 506 g/mol. The third kappa shape index (κ3) is 5.73. The Balaban J connectivity index is 1.54. The molecule has 40 heavy (non-hydrogen) atoms. The SMILES string of the molecule is Cc1nccn1CC(=O)N(c1cccc(NC(=O)OC(C)(C)C)c1)C1C(=O)N(C2CCCCC2)c2ccccc21. The summed E-state index contributed by atoms with van der Waals surface area (Å²) in [7, 11) is 0. The van der Waals surface area contributed by atoms with Crippen LogP contribution >= 0.6 is 0 Å². The third-order valence-corrected chi connectivity index (χ3v) is 7.43. The molecule has 2 aliphatic rings. The fraction of sp³-hybridized carbons (Fsp3) is 0.419. The van der Waals surface area contributed by atoms with Crippen molar-refractivity contribution in [2.24, 2.45) is 0 Å². The minimum atomic E-state index is -0.828. The van der Waals surface area contributed by atoms with Gasteiger partial charge in [-0.25, -0.2) is 9.78 Å². The van der Waals surface area contributed by atoms with Gasteiger partial charge in [-0.2, -0.15) is 0 Å². The van der Waals surface area contributed by atoms with Gasteiger partial charge in [-0.3, -0.25) is 19.8 Å². The van der Waals surface area contributed by atoms with Crippen molar-refractivity contribution >= 4 is 35.0 Å². The second-order valence-corrected chi connectivity index (χ2v) is 11.5. The van der Waals surface area contributed by atoms with Gasteiger partial charge in [0.15, 0.2) is 0 Å². The van der Waals surface area contributed by atoms with E-state index in [4.69, 9.17) is 4.74 Å². The van der Waals surface area contributed by atoms with E-state index in [1.807, 2.05) is 36.1 Å². The van der Waals surface area contributed by atoms with Crippen LogP contribution in [0.15, 0.2) is 60.9 Å². The number of amides is 3. The van der Waals surface area contributed by atoms with Crippen LogP contribution in [0.25, 0.3) is 0 Å². The lowest BCUT2D eigenvalue weighted by Crippen LogP contribution is -2.46. The summed E-state index contributed by atoms with van der Waals surface area (Å²) < 4.78 is 7.18. The molecule has 1 saturated carbocycles. The number of nitrogens with one attached hydrogen (secondary N) is 1. The van der Waals surface area contributed by atoms with Crippen LogP contribution in [0, 0.1) is 6.92 Å². The molecule has 0 radical (unpaired) electrons. The number of ether oxygens (including phenoxy) is 1. The monoisotopic (exact) mass is 543 g/mol. The summed E-state index contributed by atoms with van der Waals surface area (Å²) in [5, 5.41) is 2.76. The van der Waals surface area contributed by atoms with Gasteiger partial charge in [0.05, 0.1) is 0 Å². The molecule has 210 valence electrons. The molecule has 1 aromatic heterocycles. The van der Waals surface area contributed by atoms with Crippen LogP contribution in [0.2, 0.25) is 0 Å². The molecule has 1 aliphatic heterocycles. The first kappa shape index (κ1) is 27.4. The fourth-order valence-corrected chi connectivity index (χ4v) is 5.67. The predicted molar refractivity (Wildman–Crippen MR) is 154 cm³/mol. The average molecular weight is 544 g/mol. The number of anilines is 3. The molecule has 0 saturated heterocycles. The zero-order chi connectivity index (χ0) is 28.4. The molecule has 1 unspecified atom stereocenters. The van der Waals surface area contributed by atoms with Crippen LogP contribution in [-0.4, -0.2) is 39.1 Å². The summed E-state index contributed by atoms with van der Waals surface area (Å²) >= 11 is 0. The van der Waals surface area contributed by atoms with Crippen molar-refractivity contribution < 1.29 is 19.1 Å². The lowest BCUT2D eigenvalue weighted by Gasteiger charge is -2.33. The Morgan fingerprint density at radius 1 is 1.07 bits per heavy atom. The molecule has 9 heteroatoms. The van der Waals surface area contributed by atoms with E-state index in [9.17, 15) is 14.4 Å². The van der Waals surface area contributed by atoms with Gasteiger partial charge in [0, 0.05) is 41.1 Å². The molecular formula is C31H37N5O4. The van der Waals surface area contributed by atoms with Crippen LogP contribution in [0.5, 0.6) is 0 Å². The van der Waals surface area contributed by atoms with E-state index < -0.39 is 17.7 Å². The van der Waals surface area contributed by atoms with Crippen LogP contribution in [0.1, 0.15) is 70.3 Å². The lowest BCUT2D eigenvalue weighted by atomic mass is 9.94. The van der Waals surface area contributed by atoms with E-state index in [-0.39, 0.29) is 24.4 Å². The first-order chi connectivity index (χ1) is 19.1. The molecule has 3 amide bonds. The van der Waals surface area contributed by atoms with Crippen molar-refractivity contribution in [3.63, 3.8) is 0 Å². The number of rotatable bonds is 6. The van der Waals surface area contributed by atoms with Crippen molar-refractivity contribution in [2.45, 2.75) is 84.0 Å². The van der Waals surface area contributed by atoms with Gasteiger partial charge in [-0.15, -0.1) is 0 Å². The molecule has 1 N–H and O–H groups in total. The van der Waals surface area contributed by atoms with Crippen molar-refractivity contribution in [2.75, 3.05) is 15.1 Å². The number of imidazole rings is 1. The minimum absolute atomic E-state index is 0.0188. The highest BCUT2D eigenvalue weighted by molar-refractivity contribution is 6.11. The lowest BCUT2D eigenvalue weighted by molar-refractivity contribution is -0.125. The average Bonchev–Trinajstić information content (AvgIpc) is 3.43. The first-order valence-corrected chi connectivity index (χ1v) is 13.9. The quantitative estimate of drug-likeness (QED) is 0.412. The molecule has 0 spiro atoms. The number of aryl methyl sites for hydroxylation is 1. The number of hydrogen-bond donors (Lipinski definition) is 1. The Kier molecular flexibility index (Phi) is 7.65. The van der Waals surface area contributed by atoms with Crippen LogP contribution in [-0.2, 0) is 20.9 Å². The second kappa shape index (κ2) is 11.2. The molecule has 9 nitrogen and oxygen atoms in total. The van der Waals surface area contributed by atoms with Gasteiger partial charge in [0.25, 0.3) is 5.91 Å². The molecule has 1 fully saturated rings. The number of aromatic nitrogens is 2. The topological polar surface area (TPSA) is 96.8 Å². The van der Waals surface area contributed by atoms with Gasteiger partial charge in [-0.1, -0.05) is 43.5 Å². The van der Waals surface area contributed by atoms with Gasteiger partial charge >= 0.3 is 6.09 Å². The van der Waals surface area contributed by atoms with E-state index in [2.05, 4.69) is 10.3 Å². The molecule has 3 aromatic rings. The standard InChI is InChI=1S/C31H37N5O4/c1-21-32-17-18-34(21)20-27(37)36(24-14-10-11-22(19-24)33-30(39)40-31(2,3)4)28-25-15-8-9-16-26(25)35(29(28)38)23-12-6-5-7-13-23/h8-11,14-19,23,28H,5-7,12-13,20H2,1-4H3,(H,33,39). The van der Waals surface area contributed by atoms with Gasteiger partial charge < -0.3 is 14.2 Å². The summed E-state index contributed by atoms with van der Waals surface area (Å²) in [6, 6.07) is 14.0. The highest BCUT2D eigenvalue weighted by Gasteiger charge is 2.45. The van der Waals surface area contributed by atoms with Crippen LogP contribution in [0.4, 0.5) is 21.9 Å². The smallest absolute Gasteiger partial charge is 0.412 e. The summed E-state index contributed by atoms with van der Waals surface area (Å²) in [6.45, 7) is 7.24. The molecule has 2 heterocycles. The van der Waals surface area contributed by atoms with E-state index in [0.29, 0.717) is 17.2 Å². The Morgan fingerprint density at radius 3 is 2.52 bits per heavy atom. The summed E-state index contributed by atoms with van der Waals surface area (Å²) in [4.78, 5) is 48.6. The second-order valence-electron chi connectivity index (χ2n) is 11.5. The number of para-hydroxylation sites is 1. The summed E-state index contributed by atoms with van der Waals surface area (Å²) in [6.07, 6.45) is 8.06. The Labute approximate surface area is 235 Å². The Bertz CT molecular complexity index is 1400. The highest BCUT2D eigenvalue weighted by Crippen LogP contribution is 2.44. The summed E-state index contributed by atoms with van der Waals surface area (Å²) in [5.41, 5.74) is 1.99. The van der Waals surface area contributed by atoms with Crippen LogP contribution in [0.3, 0.4) is 0 Å². The van der Waals surface area contributed by atoms with E-state index in [1.54, 1.807) is 66.9 Å². The number of carbonyl (C=O) groups excluding carboxylic acids is 3. The fourth-order valence-electron chi connectivity index (χ4n) is 5.67. The van der Waals surface area contributed by atoms with E-state index >= 15 is 0 Å². The van der Waals surface area contributed by atoms with Gasteiger partial charge in [0.2, 0.25) is 5.91 Å². The summed E-state index contributed by atoms with van der Waals surface area (Å²) in [5.74, 6) is 0.346. The normalized spacial score (nSPS) is 17.4. The molecule has 1 aliphatic carbocycles. The number of hydrogen-bond acceptors (Lipinski definition) is 5. The van der Waals surface area contributed by atoms with E-state index in [0.717, 1.165) is 36.9 Å². The first-order valence-electron chi connectivity index (χ1n) is 13.9. The zero-order valence-corrected chi connectivity index (χ0v) is 23.6. The third-order valence-electron chi connectivity index (χ3n) is 7.43. The minimum Gasteiger partial charge on any atom is -0.444 e. The molecule has 0 bridgehead atoms. The van der Waals surface area contributed by atoms with Crippen molar-refractivity contribution in [3.8, 4) is 0 Å². The highest BCUT2D eigenvalue weighted by atomic mass is 16.6. The number of nitrogens with zero attached hydrogens (tertiary/aromatic N) is 4. The number of carbonyl (C=O) groups is 3. The molecule has 5 rings (SSSR count). The molecule has 1 atom stereocenters. The van der Waals surface area contributed by atoms with Gasteiger partial charge in [-0.05, 0) is 64.8 Å². The Hall–Kier alpha value is -4.14. The Morgan fingerprint density at radius 2 is 1.82 bits per heavy atom. The van der Waals surface area contributed by atoms with Crippen molar-refractivity contribution in [1.29, 1.82) is 0 Å². The maximum absolute atomic E-state index is 14.3. The largest absolute Gasteiger partial charge is 0.444 e. The maximum Gasteiger partial charge on any atom is 0.412 e. The van der Waals surface area contributed by atoms with Crippen molar-refractivity contribution in [3.05, 3.63) is 72.3 Å².